The second-order valence-corrected chi connectivity index (χ2v) is 3.02. The van der Waals surface area contributed by atoms with E-state index in [4.69, 9.17) is 22.7 Å². The highest BCUT2D eigenvalue weighted by Crippen LogP contribution is 2.31. The Hall–Kier alpha value is -0.850. The first kappa shape index (κ1) is 8.25. The molecule has 0 aromatic carbocycles. The van der Waals surface area contributed by atoms with Gasteiger partial charge in [0.1, 0.15) is 10.0 Å². The van der Waals surface area contributed by atoms with Gasteiger partial charge in [0.05, 0.1) is 5.92 Å². The molecular weight excluding hydrogens is 162 g/mol. The molecule has 58 valence electrons. The Morgan fingerprint density at radius 2 is 2.45 bits per heavy atom. The van der Waals surface area contributed by atoms with Gasteiger partial charge in [-0.2, -0.15) is 0 Å². The van der Waals surface area contributed by atoms with Crippen LogP contribution in [0.15, 0.2) is 23.3 Å². The molecule has 0 heterocycles. The third kappa shape index (κ3) is 1.15. The predicted molar refractivity (Wildman–Crippen MR) is 44.2 cm³/mol. The fourth-order valence-corrected chi connectivity index (χ4v) is 1.23. The lowest BCUT2D eigenvalue weighted by Crippen LogP contribution is -2.43. The Labute approximate surface area is 70.1 Å². The van der Waals surface area contributed by atoms with Gasteiger partial charge in [-0.1, -0.05) is 23.8 Å². The van der Waals surface area contributed by atoms with E-state index in [1.807, 2.05) is 13.0 Å². The fraction of sp³-hybridized carbons (Fsp3) is 0.429. The van der Waals surface area contributed by atoms with Crippen LogP contribution < -0.4 is 5.73 Å². The van der Waals surface area contributed by atoms with Gasteiger partial charge in [0.15, 0.2) is 0 Å². The van der Waals surface area contributed by atoms with Gasteiger partial charge in [0.2, 0.25) is 5.39 Å². The quantitative estimate of drug-likeness (QED) is 0.564. The average molecular weight is 171 g/mol. The zero-order valence-corrected chi connectivity index (χ0v) is 6.92. The van der Waals surface area contributed by atoms with Crippen LogP contribution in [0.3, 0.4) is 0 Å². The first-order valence-corrected chi connectivity index (χ1v) is 3.68. The first-order chi connectivity index (χ1) is 5.11. The highest BCUT2D eigenvalue weighted by molar-refractivity contribution is 6.31. The number of diazo groups is 1. The van der Waals surface area contributed by atoms with E-state index in [-0.39, 0.29) is 5.92 Å². The molecule has 0 amide bonds. The minimum absolute atomic E-state index is 0.0787. The zero-order valence-electron chi connectivity index (χ0n) is 6.16. The minimum atomic E-state index is -1.14. The average Bonchev–Trinajstić information content (AvgIpc) is 2.00. The van der Waals surface area contributed by atoms with Crippen LogP contribution in [0.2, 0.25) is 0 Å². The predicted octanol–water partition coefficient (Wildman–Crippen LogP) is 1.82. The summed E-state index contributed by atoms with van der Waals surface area (Å²) in [6.07, 6.45) is 5.26. The molecule has 0 aromatic rings. The zero-order chi connectivity index (χ0) is 8.48. The van der Waals surface area contributed by atoms with Crippen LogP contribution in [-0.2, 0) is 0 Å². The van der Waals surface area contributed by atoms with E-state index in [0.29, 0.717) is 5.03 Å². The Morgan fingerprint density at radius 3 is 2.82 bits per heavy atom. The van der Waals surface area contributed by atoms with Gasteiger partial charge in [0.25, 0.3) is 0 Å². The van der Waals surface area contributed by atoms with Crippen molar-refractivity contribution in [2.75, 3.05) is 0 Å². The summed E-state index contributed by atoms with van der Waals surface area (Å²) >= 11 is 5.75. The third-order valence-electron chi connectivity index (χ3n) is 1.88. The second kappa shape index (κ2) is 2.65. The molecule has 0 saturated carbocycles. The Bertz CT molecular complexity index is 263. The van der Waals surface area contributed by atoms with Crippen molar-refractivity contribution in [1.82, 2.24) is 0 Å². The molecule has 0 saturated heterocycles. The molecule has 0 aromatic heterocycles. The molecule has 0 fully saturated rings. The summed E-state index contributed by atoms with van der Waals surface area (Å²) in [4.78, 5) is 3.07. The number of halogens is 1. The van der Waals surface area contributed by atoms with E-state index in [1.165, 1.54) is 0 Å². The Kier molecular flexibility index (Phi) is 1.99. The maximum Gasteiger partial charge on any atom is 0.416 e. The summed E-state index contributed by atoms with van der Waals surface area (Å²) in [5, 5.41) is 8.99. The van der Waals surface area contributed by atoms with Gasteiger partial charge in [-0.05, 0) is 13.0 Å². The van der Waals surface area contributed by atoms with Gasteiger partial charge in [-0.15, -0.1) is 0 Å². The van der Waals surface area contributed by atoms with Crippen LogP contribution in [0.4, 0.5) is 0 Å². The maximum atomic E-state index is 8.63. The van der Waals surface area contributed by atoms with Gasteiger partial charge in [-0.3, -0.25) is 0 Å². The molecule has 3 nitrogen and oxygen atoms in total. The largest absolute Gasteiger partial charge is 0.416 e. The van der Waals surface area contributed by atoms with E-state index in [2.05, 4.69) is 4.98 Å². The van der Waals surface area contributed by atoms with E-state index >= 15 is 0 Å². The van der Waals surface area contributed by atoms with Gasteiger partial charge in [0, 0.05) is 0 Å². The number of rotatable bonds is 0. The van der Waals surface area contributed by atoms with Crippen LogP contribution in [-0.4, -0.2) is 5.66 Å². The maximum absolute atomic E-state index is 8.63. The number of hydrogen-bond donors (Lipinski definition) is 1. The Morgan fingerprint density at radius 1 is 1.82 bits per heavy atom. The molecule has 0 aliphatic heterocycles. The molecule has 0 radical (unpaired) electrons. The lowest BCUT2D eigenvalue weighted by Gasteiger charge is -2.16. The van der Waals surface area contributed by atoms with Crippen LogP contribution in [0.5, 0.6) is 0 Å². The number of nitrogens with zero attached hydrogens (tertiary/aromatic N) is 2. The highest BCUT2D eigenvalue weighted by Gasteiger charge is 2.49. The standard InChI is InChI=1S/C7H9ClN3/c1-5-3-2-4-6(8)7(5,9)11-10/h2-5H,9H2,1H3/q+1. The summed E-state index contributed by atoms with van der Waals surface area (Å²) < 4.78 is 0. The van der Waals surface area contributed by atoms with Crippen molar-refractivity contribution in [3.05, 3.63) is 28.2 Å². The highest BCUT2D eigenvalue weighted by atomic mass is 35.5. The van der Waals surface area contributed by atoms with Gasteiger partial charge in [-0.25, -0.2) is 5.73 Å². The molecule has 2 atom stereocenters. The molecule has 1 aliphatic carbocycles. The van der Waals surface area contributed by atoms with E-state index in [0.717, 1.165) is 0 Å². The van der Waals surface area contributed by atoms with Gasteiger partial charge >= 0.3 is 5.66 Å². The van der Waals surface area contributed by atoms with Gasteiger partial charge < -0.3 is 0 Å². The normalized spacial score (nSPS) is 36.2. The summed E-state index contributed by atoms with van der Waals surface area (Å²) in [5.74, 6) is -0.0787. The van der Waals surface area contributed by atoms with Crippen molar-refractivity contribution in [2.24, 2.45) is 11.7 Å². The van der Waals surface area contributed by atoms with Crippen molar-refractivity contribution in [2.45, 2.75) is 12.6 Å². The molecule has 1 rings (SSSR count). The summed E-state index contributed by atoms with van der Waals surface area (Å²) in [6.45, 7) is 1.84. The van der Waals surface area contributed by atoms with Crippen molar-refractivity contribution in [3.63, 3.8) is 0 Å². The molecule has 2 N–H and O–H groups in total. The van der Waals surface area contributed by atoms with E-state index < -0.39 is 5.66 Å². The lowest BCUT2D eigenvalue weighted by molar-refractivity contribution is 0.486. The molecule has 2 unspecified atom stereocenters. The molecule has 4 heteroatoms. The third-order valence-corrected chi connectivity index (χ3v) is 2.31. The molecule has 1 aliphatic rings. The fourth-order valence-electron chi connectivity index (χ4n) is 0.943. The number of allylic oxidation sites excluding steroid dienone is 2. The van der Waals surface area contributed by atoms with Crippen molar-refractivity contribution < 1.29 is 0 Å². The van der Waals surface area contributed by atoms with Crippen LogP contribution >= 0.6 is 11.6 Å². The van der Waals surface area contributed by atoms with Crippen LogP contribution in [0.1, 0.15) is 6.92 Å². The van der Waals surface area contributed by atoms with Crippen molar-refractivity contribution >= 4 is 11.6 Å². The first-order valence-electron chi connectivity index (χ1n) is 3.31. The molecule has 0 bridgehead atoms. The monoisotopic (exact) mass is 170 g/mol. The molecule has 0 spiro atoms. The SMILES string of the molecule is CC1C=CC=C(Cl)C1(N)[N+]#N. The summed E-state index contributed by atoms with van der Waals surface area (Å²) in [7, 11) is 0. The lowest BCUT2D eigenvalue weighted by atomic mass is 9.91. The van der Waals surface area contributed by atoms with E-state index in [9.17, 15) is 0 Å². The van der Waals surface area contributed by atoms with Crippen LogP contribution in [0, 0.1) is 11.3 Å². The smallest absolute Gasteiger partial charge is 0.246 e. The number of hydrogen-bond acceptors (Lipinski definition) is 2. The summed E-state index contributed by atoms with van der Waals surface area (Å²) in [5.41, 5.74) is 4.53. The van der Waals surface area contributed by atoms with E-state index in [1.54, 1.807) is 12.2 Å². The Balaban J connectivity index is 3.06. The topological polar surface area (TPSA) is 54.2 Å². The number of nitrogens with two attached hydrogens (primary N) is 1. The van der Waals surface area contributed by atoms with Crippen LogP contribution in [0.25, 0.3) is 4.98 Å². The molecule has 11 heavy (non-hydrogen) atoms. The minimum Gasteiger partial charge on any atom is -0.246 e. The second-order valence-electron chi connectivity index (χ2n) is 2.61. The van der Waals surface area contributed by atoms with Crippen molar-refractivity contribution in [1.29, 1.82) is 5.39 Å². The summed E-state index contributed by atoms with van der Waals surface area (Å²) in [6, 6.07) is 0. The van der Waals surface area contributed by atoms with Crippen molar-refractivity contribution in [3.8, 4) is 0 Å². The molecular formula is C7H9ClN3+.